The number of amidine groups is 1. The number of nitrogens with one attached hydrogen (secondary N) is 1. The summed E-state index contributed by atoms with van der Waals surface area (Å²) in [6.07, 6.45) is 2.26. The lowest BCUT2D eigenvalue weighted by Gasteiger charge is -2.23. The Labute approximate surface area is 257 Å². The highest BCUT2D eigenvalue weighted by Crippen LogP contribution is 2.41. The molecule has 6 rings (SSSR count). The first-order valence-electron chi connectivity index (χ1n) is 14.2. The number of hydrogen-bond acceptors (Lipinski definition) is 7. The Morgan fingerprint density at radius 2 is 1.84 bits per heavy atom. The molecule has 11 heteroatoms. The lowest BCUT2D eigenvalue weighted by molar-refractivity contribution is -0.126. The van der Waals surface area contributed by atoms with Crippen LogP contribution in [0.3, 0.4) is 0 Å². The molecule has 0 radical (unpaired) electrons. The summed E-state index contributed by atoms with van der Waals surface area (Å²) >= 11 is 1.27. The minimum Gasteiger partial charge on any atom is -0.467 e. The average molecular weight is 613 g/mol. The van der Waals surface area contributed by atoms with Gasteiger partial charge in [-0.25, -0.2) is 14.2 Å². The van der Waals surface area contributed by atoms with E-state index in [-0.39, 0.29) is 25.0 Å². The van der Waals surface area contributed by atoms with Crippen LogP contribution in [-0.2, 0) is 27.5 Å². The molecule has 3 amide bonds. The standard InChI is InChI=1S/C33H29FN4O5S/c34-24-9-4-10-26(19-24)36-32-38(20-27-11-6-18-42-27)31(40)29(44-32)23-13-15-25(16-14-23)35-30(39)28-12-5-17-37(28)33(41)43-21-22-7-2-1-3-8-22/h1-4,6-11,13-16,18-19,28-29H,5,12,17,20-21H2,(H,35,39)/t28-,29?/m1/s1. The van der Waals surface area contributed by atoms with Gasteiger partial charge >= 0.3 is 6.09 Å². The second kappa shape index (κ2) is 13.2. The van der Waals surface area contributed by atoms with Crippen LogP contribution < -0.4 is 5.32 Å². The maximum Gasteiger partial charge on any atom is 0.410 e. The van der Waals surface area contributed by atoms with E-state index in [4.69, 9.17) is 9.15 Å². The van der Waals surface area contributed by atoms with Gasteiger partial charge in [-0.05, 0) is 66.4 Å². The van der Waals surface area contributed by atoms with Gasteiger partial charge in [0.05, 0.1) is 18.5 Å². The lowest BCUT2D eigenvalue weighted by atomic mass is 10.1. The number of halogens is 1. The van der Waals surface area contributed by atoms with Gasteiger partial charge in [0.1, 0.15) is 29.5 Å². The van der Waals surface area contributed by atoms with Gasteiger partial charge in [0.2, 0.25) is 11.8 Å². The molecule has 0 bridgehead atoms. The van der Waals surface area contributed by atoms with Crippen molar-refractivity contribution < 1.29 is 27.9 Å². The number of rotatable bonds is 8. The van der Waals surface area contributed by atoms with Gasteiger partial charge in [-0.3, -0.25) is 19.4 Å². The molecule has 1 N–H and O–H groups in total. The molecule has 0 spiro atoms. The minimum atomic E-state index is -0.637. The minimum absolute atomic E-state index is 0.136. The molecule has 3 heterocycles. The van der Waals surface area contributed by atoms with Crippen LogP contribution in [0.4, 0.5) is 20.6 Å². The number of anilines is 1. The van der Waals surface area contributed by atoms with Crippen LogP contribution in [0.1, 0.15) is 35.0 Å². The van der Waals surface area contributed by atoms with Crippen LogP contribution in [0.25, 0.3) is 0 Å². The molecule has 2 aliphatic heterocycles. The normalized spacial score (nSPS) is 19.0. The first-order valence-corrected chi connectivity index (χ1v) is 15.1. The number of carbonyl (C=O) groups excluding carboxylic acids is 3. The second-order valence-electron chi connectivity index (χ2n) is 10.4. The zero-order valence-electron chi connectivity index (χ0n) is 23.6. The van der Waals surface area contributed by atoms with Gasteiger partial charge in [-0.15, -0.1) is 0 Å². The maximum absolute atomic E-state index is 13.8. The largest absolute Gasteiger partial charge is 0.467 e. The number of carbonyl (C=O) groups is 3. The van der Waals surface area contributed by atoms with E-state index >= 15 is 0 Å². The first kappa shape index (κ1) is 29.2. The summed E-state index contributed by atoms with van der Waals surface area (Å²) in [6, 6.07) is 25.2. The van der Waals surface area contributed by atoms with Crippen molar-refractivity contribution in [3.05, 3.63) is 120 Å². The highest BCUT2D eigenvalue weighted by Gasteiger charge is 2.40. The Morgan fingerprint density at radius 3 is 2.59 bits per heavy atom. The zero-order valence-corrected chi connectivity index (χ0v) is 24.4. The molecule has 2 aliphatic rings. The predicted molar refractivity (Wildman–Crippen MR) is 165 cm³/mol. The number of aliphatic imine (C=N–C) groups is 1. The highest BCUT2D eigenvalue weighted by molar-refractivity contribution is 8.15. The van der Waals surface area contributed by atoms with E-state index in [1.54, 1.807) is 48.5 Å². The quantitative estimate of drug-likeness (QED) is 0.239. The molecule has 0 aliphatic carbocycles. The van der Waals surface area contributed by atoms with E-state index in [0.717, 1.165) is 11.1 Å². The van der Waals surface area contributed by atoms with Crippen molar-refractivity contribution in [2.45, 2.75) is 37.3 Å². The third-order valence-electron chi connectivity index (χ3n) is 7.35. The third-order valence-corrected chi connectivity index (χ3v) is 8.58. The van der Waals surface area contributed by atoms with E-state index in [0.29, 0.717) is 41.7 Å². The lowest BCUT2D eigenvalue weighted by Crippen LogP contribution is -2.43. The topological polar surface area (TPSA) is 104 Å². The molecule has 3 aromatic carbocycles. The molecule has 224 valence electrons. The van der Waals surface area contributed by atoms with E-state index in [9.17, 15) is 18.8 Å². The molecule has 2 fully saturated rings. The fourth-order valence-electron chi connectivity index (χ4n) is 5.14. The summed E-state index contributed by atoms with van der Waals surface area (Å²) in [5, 5.41) is 2.73. The van der Waals surface area contributed by atoms with Gasteiger partial charge in [0.15, 0.2) is 5.17 Å². The summed E-state index contributed by atoms with van der Waals surface area (Å²) in [5.74, 6) is -0.312. The van der Waals surface area contributed by atoms with Gasteiger partial charge < -0.3 is 14.5 Å². The van der Waals surface area contributed by atoms with Crippen LogP contribution >= 0.6 is 11.8 Å². The maximum atomic E-state index is 13.8. The Hall–Kier alpha value is -4.90. The SMILES string of the molecule is O=C(Nc1ccc(C2SC(=Nc3cccc(F)c3)N(Cc3ccco3)C2=O)cc1)[C@H]1CCCN1C(=O)OCc1ccccc1. The van der Waals surface area contributed by atoms with Crippen molar-refractivity contribution in [3.63, 3.8) is 0 Å². The fourth-order valence-corrected chi connectivity index (χ4v) is 6.31. The molecule has 1 aromatic heterocycles. The second-order valence-corrected chi connectivity index (χ2v) is 11.5. The Morgan fingerprint density at radius 1 is 1.02 bits per heavy atom. The molecule has 44 heavy (non-hydrogen) atoms. The van der Waals surface area contributed by atoms with Crippen molar-refractivity contribution in [3.8, 4) is 0 Å². The van der Waals surface area contributed by atoms with Crippen LogP contribution in [0, 0.1) is 5.82 Å². The number of hydrogen-bond donors (Lipinski definition) is 1. The van der Waals surface area contributed by atoms with Crippen LogP contribution in [0.5, 0.6) is 0 Å². The molecule has 1 unspecified atom stereocenters. The monoisotopic (exact) mass is 612 g/mol. The van der Waals surface area contributed by atoms with E-state index < -0.39 is 23.2 Å². The molecule has 0 saturated carbocycles. The predicted octanol–water partition coefficient (Wildman–Crippen LogP) is 6.66. The van der Waals surface area contributed by atoms with Crippen molar-refractivity contribution in [1.29, 1.82) is 0 Å². The summed E-state index contributed by atoms with van der Waals surface area (Å²) in [4.78, 5) is 47.0. The number of furan rings is 1. The number of amides is 3. The molecular weight excluding hydrogens is 583 g/mol. The van der Waals surface area contributed by atoms with Gasteiger partial charge in [-0.1, -0.05) is 60.3 Å². The summed E-state index contributed by atoms with van der Waals surface area (Å²) in [7, 11) is 0. The highest BCUT2D eigenvalue weighted by atomic mass is 32.2. The van der Waals surface area contributed by atoms with Crippen LogP contribution in [0.2, 0.25) is 0 Å². The molecule has 4 aromatic rings. The summed E-state index contributed by atoms with van der Waals surface area (Å²) in [6.45, 7) is 0.764. The number of thioether (sulfide) groups is 1. The number of ether oxygens (including phenoxy) is 1. The summed E-state index contributed by atoms with van der Waals surface area (Å²) < 4.78 is 24.7. The Balaban J connectivity index is 1.12. The fraction of sp³-hybridized carbons (Fsp3) is 0.212. The number of benzene rings is 3. The smallest absolute Gasteiger partial charge is 0.410 e. The Kier molecular flexibility index (Phi) is 8.74. The van der Waals surface area contributed by atoms with Gasteiger partial charge in [0, 0.05) is 12.2 Å². The van der Waals surface area contributed by atoms with Gasteiger partial charge in [-0.2, -0.15) is 0 Å². The van der Waals surface area contributed by atoms with Gasteiger partial charge in [0.25, 0.3) is 0 Å². The average Bonchev–Trinajstić information content (AvgIpc) is 3.80. The van der Waals surface area contributed by atoms with Crippen molar-refractivity contribution >= 4 is 46.2 Å². The van der Waals surface area contributed by atoms with Crippen LogP contribution in [0.15, 0.2) is 107 Å². The Bertz CT molecular complexity index is 1660. The van der Waals surface area contributed by atoms with Crippen LogP contribution in [-0.4, -0.2) is 45.5 Å². The van der Waals surface area contributed by atoms with Crippen molar-refractivity contribution in [1.82, 2.24) is 9.80 Å². The first-order chi connectivity index (χ1) is 21.4. The third kappa shape index (κ3) is 6.68. The zero-order chi connectivity index (χ0) is 30.5. The number of nitrogens with zero attached hydrogens (tertiary/aromatic N) is 3. The van der Waals surface area contributed by atoms with E-state index in [1.165, 1.54) is 40.0 Å². The number of likely N-dealkylation sites (tertiary alicyclic amines) is 1. The molecular formula is C33H29FN4O5S. The van der Waals surface area contributed by atoms with E-state index in [1.807, 2.05) is 30.3 Å². The van der Waals surface area contributed by atoms with Crippen molar-refractivity contribution in [2.24, 2.45) is 4.99 Å². The molecule has 2 saturated heterocycles. The summed E-state index contributed by atoms with van der Waals surface area (Å²) in [5.41, 5.74) is 2.53. The van der Waals surface area contributed by atoms with Crippen molar-refractivity contribution in [2.75, 3.05) is 11.9 Å². The van der Waals surface area contributed by atoms with E-state index in [2.05, 4.69) is 10.3 Å². The molecule has 9 nitrogen and oxygen atoms in total. The molecule has 2 atom stereocenters.